The Morgan fingerprint density at radius 2 is 1.76 bits per heavy atom. The third-order valence-corrected chi connectivity index (χ3v) is 6.25. The van der Waals surface area contributed by atoms with Gasteiger partial charge in [-0.15, -0.1) is 0 Å². The maximum Gasteiger partial charge on any atom is 0.231 e. The molecular weight excluding hydrogens is 364 g/mol. The Kier molecular flexibility index (Phi) is 10.5. The van der Waals surface area contributed by atoms with Crippen molar-refractivity contribution in [3.05, 3.63) is 17.6 Å². The molecule has 6 heteroatoms. The summed E-state index contributed by atoms with van der Waals surface area (Å²) in [6, 6.07) is 2.94. The van der Waals surface area contributed by atoms with E-state index in [0.717, 1.165) is 35.4 Å². The first kappa shape index (κ1) is 24.2. The molecule has 0 radical (unpaired) electrons. The van der Waals surface area contributed by atoms with Crippen LogP contribution >= 0.6 is 0 Å². The third kappa shape index (κ3) is 7.28. The zero-order valence-corrected chi connectivity index (χ0v) is 19.2. The van der Waals surface area contributed by atoms with Gasteiger partial charge in [-0.3, -0.25) is 4.48 Å². The number of rotatable bonds is 13. The van der Waals surface area contributed by atoms with Gasteiger partial charge in [0.2, 0.25) is 5.82 Å². The maximum atomic E-state index is 5.67. The number of nitrogens with zero attached hydrogens (tertiary/aromatic N) is 3. The Morgan fingerprint density at radius 3 is 2.38 bits per heavy atom. The highest BCUT2D eigenvalue weighted by atomic mass is 16.5. The highest BCUT2D eigenvalue weighted by molar-refractivity contribution is 5.37. The second kappa shape index (κ2) is 12.6. The van der Waals surface area contributed by atoms with Crippen LogP contribution in [0.1, 0.15) is 76.7 Å². The minimum absolute atomic E-state index is 0.406. The van der Waals surface area contributed by atoms with Gasteiger partial charge in [-0.25, -0.2) is 4.98 Å². The van der Waals surface area contributed by atoms with Crippen LogP contribution in [0.25, 0.3) is 0 Å². The summed E-state index contributed by atoms with van der Waals surface area (Å²) < 4.78 is 11.9. The first-order chi connectivity index (χ1) is 14.0. The number of quaternary nitrogens is 1. The zero-order chi connectivity index (χ0) is 21.1. The molecule has 0 aromatic carbocycles. The number of nitrogens with two attached hydrogens (primary N) is 1. The third-order valence-electron chi connectivity index (χ3n) is 6.25. The van der Waals surface area contributed by atoms with E-state index in [1.807, 2.05) is 0 Å². The van der Waals surface area contributed by atoms with Gasteiger partial charge in [0.25, 0.3) is 0 Å². The second-order valence-corrected chi connectivity index (χ2v) is 8.71. The fourth-order valence-electron chi connectivity index (χ4n) is 4.17. The normalized spacial score (nSPS) is 17.6. The zero-order valence-electron chi connectivity index (χ0n) is 19.2. The quantitative estimate of drug-likeness (QED) is 0.398. The molecule has 0 spiro atoms. The molecule has 6 nitrogen and oxygen atoms in total. The number of ether oxygens (including phenoxy) is 2. The van der Waals surface area contributed by atoms with Crippen LogP contribution in [0.15, 0.2) is 6.07 Å². The van der Waals surface area contributed by atoms with E-state index in [2.05, 4.69) is 33.9 Å². The Bertz CT molecular complexity index is 590. The fourth-order valence-corrected chi connectivity index (χ4v) is 4.17. The van der Waals surface area contributed by atoms with Gasteiger partial charge >= 0.3 is 0 Å². The van der Waals surface area contributed by atoms with Gasteiger partial charge in [0, 0.05) is 25.6 Å². The summed E-state index contributed by atoms with van der Waals surface area (Å²) in [5.74, 6) is 2.56. The summed E-state index contributed by atoms with van der Waals surface area (Å²) in [4.78, 5) is 9.93. The van der Waals surface area contributed by atoms with Gasteiger partial charge in [-0.2, -0.15) is 4.98 Å². The van der Waals surface area contributed by atoms with E-state index < -0.39 is 0 Å². The second-order valence-electron chi connectivity index (χ2n) is 8.71. The summed E-state index contributed by atoms with van der Waals surface area (Å²) in [5.41, 5.74) is 6.57. The monoisotopic (exact) mass is 407 g/mol. The van der Waals surface area contributed by atoms with Crippen molar-refractivity contribution < 1.29 is 9.47 Å². The van der Waals surface area contributed by atoms with Gasteiger partial charge in [-0.1, -0.05) is 20.3 Å². The molecule has 166 valence electrons. The van der Waals surface area contributed by atoms with E-state index in [4.69, 9.17) is 25.2 Å². The van der Waals surface area contributed by atoms with E-state index in [-0.39, 0.29) is 0 Å². The van der Waals surface area contributed by atoms with Crippen LogP contribution in [0.5, 0.6) is 0 Å². The van der Waals surface area contributed by atoms with Crippen molar-refractivity contribution in [1.82, 2.24) is 14.5 Å². The minimum atomic E-state index is 0.406. The lowest BCUT2D eigenvalue weighted by molar-refractivity contribution is 0.0498. The van der Waals surface area contributed by atoms with Crippen LogP contribution in [0, 0.1) is 0 Å². The highest BCUT2D eigenvalue weighted by Crippen LogP contribution is 2.32. The molecule has 1 aliphatic carbocycles. The molecule has 1 saturated carbocycles. The predicted molar refractivity (Wildman–Crippen MR) is 120 cm³/mol. The molecule has 0 bridgehead atoms. The van der Waals surface area contributed by atoms with Crippen LogP contribution < -0.4 is 10.2 Å². The van der Waals surface area contributed by atoms with Crippen molar-refractivity contribution in [2.75, 3.05) is 46.6 Å². The van der Waals surface area contributed by atoms with E-state index in [1.165, 1.54) is 37.9 Å². The molecule has 1 aliphatic rings. The van der Waals surface area contributed by atoms with Crippen molar-refractivity contribution in [1.29, 1.82) is 0 Å². The molecule has 0 aliphatic heterocycles. The molecule has 1 heterocycles. The van der Waals surface area contributed by atoms with E-state index in [1.54, 1.807) is 0 Å². The number of aryl methyl sites for hydroxylation is 1. The van der Waals surface area contributed by atoms with Crippen molar-refractivity contribution in [2.24, 2.45) is 5.73 Å². The van der Waals surface area contributed by atoms with E-state index in [9.17, 15) is 0 Å². The molecule has 0 saturated heterocycles. The fraction of sp³-hybridized carbons (Fsp3) is 0.826. The molecule has 1 fully saturated rings. The molecule has 29 heavy (non-hydrogen) atoms. The summed E-state index contributed by atoms with van der Waals surface area (Å²) in [5, 5.41) is 0. The molecular formula is C23H43N4O2+. The molecule has 2 rings (SSSR count). The average molecular weight is 408 g/mol. The van der Waals surface area contributed by atoms with E-state index >= 15 is 0 Å². The number of hydrogen-bond donors (Lipinski definition) is 1. The standard InChI is InChI=1S/C23H43N4O2/c1-5-27(4,20-10-7-6-8-11-20)23-18-21(19(2)3)25-22(26-23)12-9-14-28-16-17-29-15-13-24/h18-20H,5-17,24H2,1-4H3/q+1. The maximum absolute atomic E-state index is 5.67. The summed E-state index contributed by atoms with van der Waals surface area (Å²) in [7, 11) is 2.37. The average Bonchev–Trinajstić information content (AvgIpc) is 2.75. The van der Waals surface area contributed by atoms with Crippen molar-refractivity contribution >= 4 is 5.82 Å². The molecule has 1 aromatic rings. The Hall–Kier alpha value is -1.08. The predicted octanol–water partition coefficient (Wildman–Crippen LogP) is 3.81. The van der Waals surface area contributed by atoms with Crippen LogP contribution in [-0.4, -0.2) is 62.6 Å². The van der Waals surface area contributed by atoms with Crippen LogP contribution in [0.2, 0.25) is 0 Å². The van der Waals surface area contributed by atoms with Gasteiger partial charge in [-0.05, 0) is 44.9 Å². The first-order valence-electron chi connectivity index (χ1n) is 11.6. The SMILES string of the molecule is CC[N+](C)(c1cc(C(C)C)nc(CCCOCCOCCN)n1)C1CCCCC1. The van der Waals surface area contributed by atoms with Gasteiger partial charge in [0.15, 0.2) is 0 Å². The van der Waals surface area contributed by atoms with Gasteiger partial charge in [0.1, 0.15) is 5.82 Å². The lowest BCUT2D eigenvalue weighted by Gasteiger charge is -2.41. The van der Waals surface area contributed by atoms with Crippen LogP contribution in [-0.2, 0) is 15.9 Å². The number of aromatic nitrogens is 2. The Labute approximate surface area is 177 Å². The Morgan fingerprint density at radius 1 is 1.07 bits per heavy atom. The van der Waals surface area contributed by atoms with E-state index in [0.29, 0.717) is 44.9 Å². The van der Waals surface area contributed by atoms with Crippen LogP contribution in [0.4, 0.5) is 5.82 Å². The Balaban J connectivity index is 2.02. The van der Waals surface area contributed by atoms with Crippen molar-refractivity contribution in [3.8, 4) is 0 Å². The van der Waals surface area contributed by atoms with Crippen LogP contribution in [0.3, 0.4) is 0 Å². The molecule has 0 amide bonds. The molecule has 1 aromatic heterocycles. The first-order valence-corrected chi connectivity index (χ1v) is 11.6. The molecule has 1 atom stereocenters. The summed E-state index contributed by atoms with van der Waals surface area (Å²) >= 11 is 0. The summed E-state index contributed by atoms with van der Waals surface area (Å²) in [6.07, 6.45) is 8.47. The largest absolute Gasteiger partial charge is 0.379 e. The lowest BCUT2D eigenvalue weighted by atomic mass is 9.92. The molecule has 1 unspecified atom stereocenters. The van der Waals surface area contributed by atoms with Gasteiger partial charge < -0.3 is 15.2 Å². The number of hydrogen-bond acceptors (Lipinski definition) is 5. The topological polar surface area (TPSA) is 70.3 Å². The smallest absolute Gasteiger partial charge is 0.231 e. The van der Waals surface area contributed by atoms with Gasteiger partial charge in [0.05, 0.1) is 45.1 Å². The van der Waals surface area contributed by atoms with Crippen molar-refractivity contribution in [3.63, 3.8) is 0 Å². The van der Waals surface area contributed by atoms with Crippen molar-refractivity contribution in [2.45, 2.75) is 77.7 Å². The lowest BCUT2D eigenvalue weighted by Crippen LogP contribution is -2.54. The minimum Gasteiger partial charge on any atom is -0.379 e. The highest BCUT2D eigenvalue weighted by Gasteiger charge is 2.36. The molecule has 2 N–H and O–H groups in total. The summed E-state index contributed by atoms with van der Waals surface area (Å²) in [6.45, 7) is 10.9.